The van der Waals surface area contributed by atoms with Crippen molar-refractivity contribution >= 4 is 12.4 Å². The number of hydrogen-bond donors (Lipinski definition) is 2. The minimum Gasteiger partial charge on any atom is -0.317 e. The van der Waals surface area contributed by atoms with Crippen molar-refractivity contribution in [2.24, 2.45) is 5.92 Å². The van der Waals surface area contributed by atoms with Crippen molar-refractivity contribution in [3.8, 4) is 11.3 Å². The molecule has 0 amide bonds. The van der Waals surface area contributed by atoms with Crippen LogP contribution in [0.2, 0.25) is 0 Å². The second-order valence-electron chi connectivity index (χ2n) is 7.56. The summed E-state index contributed by atoms with van der Waals surface area (Å²) in [6, 6.07) is 8.63. The van der Waals surface area contributed by atoms with Crippen molar-refractivity contribution in [3.63, 3.8) is 0 Å². The average Bonchev–Trinajstić information content (AvgIpc) is 3.11. The zero-order valence-corrected chi connectivity index (χ0v) is 17.0. The van der Waals surface area contributed by atoms with Gasteiger partial charge < -0.3 is 10.2 Å². The Kier molecular flexibility index (Phi) is 9.25. The van der Waals surface area contributed by atoms with Crippen LogP contribution < -0.4 is 5.32 Å². The summed E-state index contributed by atoms with van der Waals surface area (Å²) >= 11 is 0. The largest absolute Gasteiger partial charge is 0.317 e. The quantitative estimate of drug-likeness (QED) is 0.624. The van der Waals surface area contributed by atoms with Gasteiger partial charge in [0.05, 0.1) is 5.69 Å². The van der Waals surface area contributed by atoms with Crippen molar-refractivity contribution in [1.29, 1.82) is 0 Å². The van der Waals surface area contributed by atoms with Crippen molar-refractivity contribution in [1.82, 2.24) is 20.4 Å². The number of aryl methyl sites for hydroxylation is 1. The summed E-state index contributed by atoms with van der Waals surface area (Å²) in [5, 5.41) is 10.8. The molecule has 6 heteroatoms. The first-order valence-electron chi connectivity index (χ1n) is 9.90. The molecule has 1 fully saturated rings. The van der Waals surface area contributed by atoms with Gasteiger partial charge in [-0.3, -0.25) is 5.10 Å². The van der Waals surface area contributed by atoms with Crippen LogP contribution in [0.1, 0.15) is 37.8 Å². The highest BCUT2D eigenvalue weighted by atomic mass is 35.5. The molecule has 1 aromatic carbocycles. The van der Waals surface area contributed by atoms with Gasteiger partial charge in [0.15, 0.2) is 0 Å². The van der Waals surface area contributed by atoms with Crippen molar-refractivity contribution in [2.75, 3.05) is 33.2 Å². The maximum atomic E-state index is 13.3. The summed E-state index contributed by atoms with van der Waals surface area (Å²) in [5.74, 6) is 0.646. The number of aromatic amines is 1. The molecule has 0 saturated carbocycles. The van der Waals surface area contributed by atoms with E-state index in [2.05, 4.69) is 27.5 Å². The van der Waals surface area contributed by atoms with Gasteiger partial charge in [0, 0.05) is 17.8 Å². The summed E-state index contributed by atoms with van der Waals surface area (Å²) in [7, 11) is 2.25. The lowest BCUT2D eigenvalue weighted by molar-refractivity contribution is 0.236. The Morgan fingerprint density at radius 3 is 2.74 bits per heavy atom. The van der Waals surface area contributed by atoms with Gasteiger partial charge in [0.2, 0.25) is 0 Å². The maximum absolute atomic E-state index is 13.3. The van der Waals surface area contributed by atoms with Gasteiger partial charge in [-0.05, 0) is 82.9 Å². The fourth-order valence-corrected chi connectivity index (χ4v) is 3.76. The molecule has 2 heterocycles. The van der Waals surface area contributed by atoms with Crippen LogP contribution in [0.4, 0.5) is 4.39 Å². The first-order chi connectivity index (χ1) is 12.7. The van der Waals surface area contributed by atoms with Crippen molar-refractivity contribution in [2.45, 2.75) is 38.5 Å². The van der Waals surface area contributed by atoms with E-state index in [1.54, 1.807) is 6.07 Å². The van der Waals surface area contributed by atoms with Crippen LogP contribution in [0.5, 0.6) is 0 Å². The van der Waals surface area contributed by atoms with E-state index in [1.807, 2.05) is 12.1 Å². The number of piperidine rings is 1. The Bertz CT molecular complexity index is 670. The van der Waals surface area contributed by atoms with Gasteiger partial charge in [-0.1, -0.05) is 18.6 Å². The van der Waals surface area contributed by atoms with Crippen LogP contribution in [0.15, 0.2) is 30.3 Å². The number of halogens is 2. The third-order valence-corrected chi connectivity index (χ3v) is 5.27. The second-order valence-corrected chi connectivity index (χ2v) is 7.56. The molecule has 2 N–H and O–H groups in total. The van der Waals surface area contributed by atoms with Crippen LogP contribution in [-0.4, -0.2) is 48.3 Å². The normalized spacial score (nSPS) is 15.1. The van der Waals surface area contributed by atoms with Gasteiger partial charge in [-0.2, -0.15) is 5.10 Å². The first kappa shape index (κ1) is 21.9. The predicted molar refractivity (Wildman–Crippen MR) is 112 cm³/mol. The molecule has 0 bridgehead atoms. The number of H-pyrrole nitrogens is 1. The molecular weight excluding hydrogens is 363 g/mol. The molecule has 0 radical (unpaired) electrons. The Morgan fingerprint density at radius 1 is 1.15 bits per heavy atom. The molecule has 3 rings (SSSR count). The molecular formula is C21H32ClFN4. The number of hydrogen-bond acceptors (Lipinski definition) is 3. The lowest BCUT2D eigenvalue weighted by Gasteiger charge is -2.27. The minimum atomic E-state index is -0.222. The average molecular weight is 395 g/mol. The molecule has 0 aliphatic carbocycles. The van der Waals surface area contributed by atoms with E-state index >= 15 is 0 Å². The summed E-state index contributed by atoms with van der Waals surface area (Å²) in [4.78, 5) is 2.49. The minimum absolute atomic E-state index is 0. The number of unbranched alkanes of at least 4 members (excludes halogenated alkanes) is 2. The van der Waals surface area contributed by atoms with Gasteiger partial charge in [-0.25, -0.2) is 4.39 Å². The standard InChI is InChI=1S/C21H31FN4.ClH/c1-26(16-17-9-11-23-12-10-17)13-4-2-3-8-20-15-21(25-24-20)18-6-5-7-19(22)14-18;/h5-7,14-15,17,23H,2-4,8-13,16H2,1H3,(H,24,25);1H. The Morgan fingerprint density at radius 2 is 1.96 bits per heavy atom. The molecule has 1 aromatic heterocycles. The molecule has 1 saturated heterocycles. The number of nitrogens with zero attached hydrogens (tertiary/aromatic N) is 2. The Balaban J connectivity index is 0.00000261. The number of aromatic nitrogens is 2. The van der Waals surface area contributed by atoms with E-state index < -0.39 is 0 Å². The molecule has 4 nitrogen and oxygen atoms in total. The third-order valence-electron chi connectivity index (χ3n) is 5.27. The predicted octanol–water partition coefficient (Wildman–Crippen LogP) is 4.28. The van der Waals surface area contributed by atoms with E-state index in [4.69, 9.17) is 0 Å². The SMILES string of the molecule is CN(CCCCCc1cc(-c2cccc(F)c2)n[nH]1)CC1CCNCC1.Cl. The summed E-state index contributed by atoms with van der Waals surface area (Å²) in [6.07, 6.45) is 7.26. The highest BCUT2D eigenvalue weighted by Crippen LogP contribution is 2.19. The van der Waals surface area contributed by atoms with Crippen LogP contribution >= 0.6 is 12.4 Å². The van der Waals surface area contributed by atoms with Crippen LogP contribution in [-0.2, 0) is 6.42 Å². The van der Waals surface area contributed by atoms with E-state index in [0.717, 1.165) is 35.7 Å². The molecule has 0 spiro atoms. The lowest BCUT2D eigenvalue weighted by Crippen LogP contribution is -2.34. The lowest BCUT2D eigenvalue weighted by atomic mass is 9.97. The Labute approximate surface area is 168 Å². The van der Waals surface area contributed by atoms with E-state index in [0.29, 0.717) is 0 Å². The molecule has 0 unspecified atom stereocenters. The van der Waals surface area contributed by atoms with Crippen LogP contribution in [0, 0.1) is 11.7 Å². The monoisotopic (exact) mass is 394 g/mol. The Hall–Kier alpha value is -1.43. The van der Waals surface area contributed by atoms with E-state index in [1.165, 1.54) is 64.0 Å². The van der Waals surface area contributed by atoms with Gasteiger partial charge in [-0.15, -0.1) is 12.4 Å². The van der Waals surface area contributed by atoms with E-state index in [-0.39, 0.29) is 18.2 Å². The fourth-order valence-electron chi connectivity index (χ4n) is 3.76. The number of benzene rings is 1. The summed E-state index contributed by atoms with van der Waals surface area (Å²) in [5.41, 5.74) is 2.78. The van der Waals surface area contributed by atoms with Crippen molar-refractivity contribution in [3.05, 3.63) is 41.8 Å². The summed E-state index contributed by atoms with van der Waals surface area (Å²) in [6.45, 7) is 4.78. The molecule has 27 heavy (non-hydrogen) atoms. The molecule has 2 aromatic rings. The molecule has 1 aliphatic heterocycles. The van der Waals surface area contributed by atoms with Crippen molar-refractivity contribution < 1.29 is 4.39 Å². The topological polar surface area (TPSA) is 44.0 Å². The highest BCUT2D eigenvalue weighted by molar-refractivity contribution is 5.85. The molecule has 1 aliphatic rings. The van der Waals surface area contributed by atoms with Gasteiger partial charge >= 0.3 is 0 Å². The molecule has 150 valence electrons. The van der Waals surface area contributed by atoms with Crippen LogP contribution in [0.3, 0.4) is 0 Å². The highest BCUT2D eigenvalue weighted by Gasteiger charge is 2.14. The molecule has 0 atom stereocenters. The number of rotatable bonds is 9. The zero-order chi connectivity index (χ0) is 18.2. The zero-order valence-electron chi connectivity index (χ0n) is 16.2. The third kappa shape index (κ3) is 7.24. The fraction of sp³-hybridized carbons (Fsp3) is 0.571. The maximum Gasteiger partial charge on any atom is 0.123 e. The van der Waals surface area contributed by atoms with Gasteiger partial charge in [0.25, 0.3) is 0 Å². The van der Waals surface area contributed by atoms with Crippen LogP contribution in [0.25, 0.3) is 11.3 Å². The number of nitrogens with one attached hydrogen (secondary N) is 2. The smallest absolute Gasteiger partial charge is 0.123 e. The van der Waals surface area contributed by atoms with E-state index in [9.17, 15) is 4.39 Å². The second kappa shape index (κ2) is 11.4. The first-order valence-corrected chi connectivity index (χ1v) is 9.90. The van der Waals surface area contributed by atoms with Gasteiger partial charge in [0.1, 0.15) is 5.82 Å². The summed E-state index contributed by atoms with van der Waals surface area (Å²) < 4.78 is 13.3.